The summed E-state index contributed by atoms with van der Waals surface area (Å²) >= 11 is 0. The number of unbranched alkanes of at least 4 members (excludes halogenated alkanes) is 2. The fourth-order valence-corrected chi connectivity index (χ4v) is 2.00. The van der Waals surface area contributed by atoms with E-state index in [1.54, 1.807) is 14.0 Å². The minimum Gasteiger partial charge on any atom is -0.476 e. The Labute approximate surface area is 129 Å². The number of carboxylic acids is 1. The second kappa shape index (κ2) is 8.16. The van der Waals surface area contributed by atoms with Gasteiger partial charge in [0.25, 0.3) is 0 Å². The van der Waals surface area contributed by atoms with Gasteiger partial charge in [0.05, 0.1) is 6.33 Å². The number of ketones is 1. The third-order valence-electron chi connectivity index (χ3n) is 3.22. The molecule has 2 amide bonds. The van der Waals surface area contributed by atoms with Crippen LogP contribution < -0.4 is 10.2 Å². The monoisotopic (exact) mass is 310 g/mol. The molecule has 0 aliphatic rings. The van der Waals surface area contributed by atoms with Crippen molar-refractivity contribution in [3.63, 3.8) is 0 Å². The molecule has 0 aromatic carbocycles. The standard InChI is InChI=1S/C14H22N4O4/c1-10(19)7-5-4-6-8-15-14(22)18(3)12-11(13(20)21)17(2)9-16-12/h9H,4-8H2,1-3H3,(H,15,22)(H,20,21). The summed E-state index contributed by atoms with van der Waals surface area (Å²) in [6.07, 6.45) is 4.34. The van der Waals surface area contributed by atoms with Crippen LogP contribution in [0.3, 0.4) is 0 Å². The number of hydrogen-bond donors (Lipinski definition) is 2. The van der Waals surface area contributed by atoms with Crippen LogP contribution in [0.4, 0.5) is 10.6 Å². The topological polar surface area (TPSA) is 105 Å². The zero-order valence-electron chi connectivity index (χ0n) is 13.1. The quantitative estimate of drug-likeness (QED) is 0.706. The predicted octanol–water partition coefficient (Wildman–Crippen LogP) is 1.41. The van der Waals surface area contributed by atoms with E-state index in [9.17, 15) is 14.4 Å². The molecule has 0 saturated heterocycles. The maximum Gasteiger partial charge on any atom is 0.356 e. The molecule has 1 heterocycles. The van der Waals surface area contributed by atoms with Gasteiger partial charge < -0.3 is 19.8 Å². The number of aromatic carboxylic acids is 1. The van der Waals surface area contributed by atoms with Crippen LogP contribution in [0.2, 0.25) is 0 Å². The largest absolute Gasteiger partial charge is 0.476 e. The summed E-state index contributed by atoms with van der Waals surface area (Å²) < 4.78 is 1.35. The lowest BCUT2D eigenvalue weighted by atomic mass is 10.1. The number of carbonyl (C=O) groups excluding carboxylic acids is 2. The Morgan fingerprint density at radius 2 is 2.00 bits per heavy atom. The van der Waals surface area contributed by atoms with E-state index in [1.165, 1.54) is 22.8 Å². The van der Waals surface area contributed by atoms with Crippen molar-refractivity contribution in [3.05, 3.63) is 12.0 Å². The number of imidazole rings is 1. The van der Waals surface area contributed by atoms with Gasteiger partial charge in [-0.1, -0.05) is 6.42 Å². The van der Waals surface area contributed by atoms with Gasteiger partial charge in [-0.2, -0.15) is 0 Å². The van der Waals surface area contributed by atoms with Crippen molar-refractivity contribution in [1.29, 1.82) is 0 Å². The van der Waals surface area contributed by atoms with Crippen molar-refractivity contribution in [2.75, 3.05) is 18.5 Å². The fourth-order valence-electron chi connectivity index (χ4n) is 2.00. The average molecular weight is 310 g/mol. The van der Waals surface area contributed by atoms with Crippen LogP contribution in [0.15, 0.2) is 6.33 Å². The van der Waals surface area contributed by atoms with Crippen LogP contribution in [0.1, 0.15) is 43.1 Å². The summed E-state index contributed by atoms with van der Waals surface area (Å²) in [6.45, 7) is 2.03. The number of nitrogens with one attached hydrogen (secondary N) is 1. The average Bonchev–Trinajstić information content (AvgIpc) is 2.83. The molecular formula is C14H22N4O4. The van der Waals surface area contributed by atoms with Crippen molar-refractivity contribution >= 4 is 23.6 Å². The molecule has 1 aromatic heterocycles. The van der Waals surface area contributed by atoms with Crippen LogP contribution >= 0.6 is 0 Å². The minimum absolute atomic E-state index is 0.0425. The molecule has 122 valence electrons. The molecule has 22 heavy (non-hydrogen) atoms. The van der Waals surface area contributed by atoms with E-state index < -0.39 is 12.0 Å². The normalized spacial score (nSPS) is 10.3. The molecule has 0 aliphatic heterocycles. The molecule has 0 atom stereocenters. The van der Waals surface area contributed by atoms with Crippen molar-refractivity contribution in [1.82, 2.24) is 14.9 Å². The summed E-state index contributed by atoms with van der Waals surface area (Å²) in [6, 6.07) is -0.409. The Morgan fingerprint density at radius 1 is 1.32 bits per heavy atom. The SMILES string of the molecule is CC(=O)CCCCCNC(=O)N(C)c1ncn(C)c1C(=O)O. The lowest BCUT2D eigenvalue weighted by molar-refractivity contribution is -0.117. The highest BCUT2D eigenvalue weighted by Gasteiger charge is 2.22. The summed E-state index contributed by atoms with van der Waals surface area (Å²) in [5, 5.41) is 11.8. The van der Waals surface area contributed by atoms with Gasteiger partial charge in [-0.05, 0) is 19.8 Å². The molecule has 0 saturated carbocycles. The maximum atomic E-state index is 12.0. The first-order valence-corrected chi connectivity index (χ1v) is 7.10. The van der Waals surface area contributed by atoms with E-state index >= 15 is 0 Å². The molecule has 2 N–H and O–H groups in total. The molecule has 0 fully saturated rings. The van der Waals surface area contributed by atoms with Crippen LogP contribution in [0.5, 0.6) is 0 Å². The number of Topliss-reactive ketones (excluding diaryl/α,β-unsaturated/α-hetero) is 1. The molecular weight excluding hydrogens is 288 g/mol. The highest BCUT2D eigenvalue weighted by molar-refractivity contribution is 5.98. The second-order valence-corrected chi connectivity index (χ2v) is 5.14. The number of urea groups is 1. The predicted molar refractivity (Wildman–Crippen MR) is 81.1 cm³/mol. The van der Waals surface area contributed by atoms with Crippen LogP contribution in [0, 0.1) is 0 Å². The Morgan fingerprint density at radius 3 is 2.59 bits per heavy atom. The molecule has 0 spiro atoms. The van der Waals surface area contributed by atoms with E-state index in [4.69, 9.17) is 5.11 Å². The number of anilines is 1. The first-order chi connectivity index (χ1) is 10.3. The number of aromatic nitrogens is 2. The van der Waals surface area contributed by atoms with E-state index in [1.807, 2.05) is 0 Å². The molecule has 8 heteroatoms. The molecule has 0 bridgehead atoms. The van der Waals surface area contributed by atoms with Gasteiger partial charge in [-0.15, -0.1) is 0 Å². The van der Waals surface area contributed by atoms with Crippen LogP contribution in [-0.4, -0.2) is 46.0 Å². The Kier molecular flexibility index (Phi) is 6.55. The van der Waals surface area contributed by atoms with Crippen molar-refractivity contribution in [3.8, 4) is 0 Å². The number of nitrogens with zero attached hydrogens (tertiary/aromatic N) is 3. The third kappa shape index (κ3) is 4.87. The minimum atomic E-state index is -1.14. The molecule has 1 rings (SSSR count). The first kappa shape index (κ1) is 17.7. The van der Waals surface area contributed by atoms with Gasteiger partial charge in [0.2, 0.25) is 0 Å². The van der Waals surface area contributed by atoms with Gasteiger partial charge in [0, 0.05) is 27.1 Å². The van der Waals surface area contributed by atoms with Crippen molar-refractivity contribution < 1.29 is 19.5 Å². The van der Waals surface area contributed by atoms with E-state index in [0.717, 1.165) is 19.3 Å². The fraction of sp³-hybridized carbons (Fsp3) is 0.571. The van der Waals surface area contributed by atoms with E-state index in [2.05, 4.69) is 10.3 Å². The number of carboxylic acid groups (broad SMARTS) is 1. The Hall–Kier alpha value is -2.38. The summed E-state index contributed by atoms with van der Waals surface area (Å²) in [4.78, 5) is 39.1. The molecule has 0 aliphatic carbocycles. The lowest BCUT2D eigenvalue weighted by Gasteiger charge is -2.16. The van der Waals surface area contributed by atoms with Gasteiger partial charge in [-0.3, -0.25) is 4.90 Å². The number of amides is 2. The third-order valence-corrected chi connectivity index (χ3v) is 3.22. The lowest BCUT2D eigenvalue weighted by Crippen LogP contribution is -2.38. The van der Waals surface area contributed by atoms with Gasteiger partial charge in [-0.25, -0.2) is 14.6 Å². The van der Waals surface area contributed by atoms with Crippen molar-refractivity contribution in [2.24, 2.45) is 7.05 Å². The second-order valence-electron chi connectivity index (χ2n) is 5.14. The zero-order valence-corrected chi connectivity index (χ0v) is 13.1. The first-order valence-electron chi connectivity index (χ1n) is 7.10. The molecule has 0 unspecified atom stereocenters. The maximum absolute atomic E-state index is 12.0. The highest BCUT2D eigenvalue weighted by Crippen LogP contribution is 2.16. The van der Waals surface area contributed by atoms with Gasteiger partial charge in [0.15, 0.2) is 11.5 Å². The molecule has 8 nitrogen and oxygen atoms in total. The Bertz CT molecular complexity index is 553. The highest BCUT2D eigenvalue weighted by atomic mass is 16.4. The summed E-state index contributed by atoms with van der Waals surface area (Å²) in [5.74, 6) is -0.872. The zero-order chi connectivity index (χ0) is 16.7. The number of hydrogen-bond acceptors (Lipinski definition) is 4. The van der Waals surface area contributed by atoms with Gasteiger partial charge >= 0.3 is 12.0 Å². The van der Waals surface area contributed by atoms with Crippen molar-refractivity contribution in [2.45, 2.75) is 32.6 Å². The van der Waals surface area contributed by atoms with E-state index in [0.29, 0.717) is 13.0 Å². The number of carbonyl (C=O) groups is 3. The summed E-state index contributed by atoms with van der Waals surface area (Å²) in [5.41, 5.74) is -0.0425. The van der Waals surface area contributed by atoms with Crippen LogP contribution in [-0.2, 0) is 11.8 Å². The molecule has 0 radical (unpaired) electrons. The number of aryl methyl sites for hydroxylation is 1. The Balaban J connectivity index is 2.46. The number of rotatable bonds is 8. The van der Waals surface area contributed by atoms with Crippen LogP contribution in [0.25, 0.3) is 0 Å². The molecule has 1 aromatic rings. The summed E-state index contributed by atoms with van der Waals surface area (Å²) in [7, 11) is 3.03. The van der Waals surface area contributed by atoms with E-state index in [-0.39, 0.29) is 17.3 Å². The smallest absolute Gasteiger partial charge is 0.356 e. The van der Waals surface area contributed by atoms with Gasteiger partial charge in [0.1, 0.15) is 5.78 Å².